The zero-order chi connectivity index (χ0) is 23.2. The first-order chi connectivity index (χ1) is 16.0. The summed E-state index contributed by atoms with van der Waals surface area (Å²) >= 11 is 17.9. The van der Waals surface area contributed by atoms with Gasteiger partial charge in [0.15, 0.2) is 6.61 Å². The van der Waals surface area contributed by atoms with Crippen molar-refractivity contribution in [3.05, 3.63) is 99.6 Å². The molecule has 3 aromatic carbocycles. The Morgan fingerprint density at radius 2 is 1.64 bits per heavy atom. The SMILES string of the molecule is O=C(COc1cc(Cl)c(Cl)cc1Cl)N/N=C\c1cn(-c2ccccc2)nc1-c1ccccc1. The molecule has 0 spiro atoms. The third-order valence-corrected chi connectivity index (χ3v) is 5.55. The van der Waals surface area contributed by atoms with Gasteiger partial charge in [-0.2, -0.15) is 10.2 Å². The minimum Gasteiger partial charge on any atom is -0.482 e. The molecule has 0 atom stereocenters. The maximum atomic E-state index is 12.2. The van der Waals surface area contributed by atoms with Crippen LogP contribution in [0.15, 0.2) is 84.1 Å². The Labute approximate surface area is 205 Å². The second kappa shape index (κ2) is 10.5. The highest BCUT2D eigenvalue weighted by molar-refractivity contribution is 6.43. The molecule has 1 amide bonds. The van der Waals surface area contributed by atoms with E-state index >= 15 is 0 Å². The Kier molecular flexibility index (Phi) is 7.29. The molecule has 33 heavy (non-hydrogen) atoms. The van der Waals surface area contributed by atoms with Gasteiger partial charge in [0.1, 0.15) is 11.4 Å². The number of amides is 1. The molecule has 0 radical (unpaired) electrons. The molecule has 4 rings (SSSR count). The summed E-state index contributed by atoms with van der Waals surface area (Å²) in [6.45, 7) is -0.302. The summed E-state index contributed by atoms with van der Waals surface area (Å²) in [7, 11) is 0. The third-order valence-electron chi connectivity index (χ3n) is 4.54. The van der Waals surface area contributed by atoms with Crippen molar-refractivity contribution < 1.29 is 9.53 Å². The summed E-state index contributed by atoms with van der Waals surface area (Å²) < 4.78 is 7.18. The van der Waals surface area contributed by atoms with E-state index in [4.69, 9.17) is 44.6 Å². The zero-order valence-electron chi connectivity index (χ0n) is 17.1. The summed E-state index contributed by atoms with van der Waals surface area (Å²) in [5.41, 5.74) is 5.74. The van der Waals surface area contributed by atoms with E-state index in [1.165, 1.54) is 12.1 Å². The van der Waals surface area contributed by atoms with Crippen LogP contribution >= 0.6 is 34.8 Å². The summed E-state index contributed by atoms with van der Waals surface area (Å²) in [6, 6.07) is 22.4. The maximum absolute atomic E-state index is 12.2. The van der Waals surface area contributed by atoms with Gasteiger partial charge in [-0.3, -0.25) is 4.79 Å². The Morgan fingerprint density at radius 1 is 0.970 bits per heavy atom. The van der Waals surface area contributed by atoms with Crippen LogP contribution in [-0.4, -0.2) is 28.5 Å². The highest BCUT2D eigenvalue weighted by atomic mass is 35.5. The molecule has 0 aliphatic carbocycles. The standard InChI is InChI=1S/C24H17Cl3N4O2/c25-19-11-21(27)22(12-20(19)26)33-15-23(32)29-28-13-17-14-31(18-9-5-2-6-10-18)30-24(17)16-7-3-1-4-8-16/h1-14H,15H2,(H,29,32)/b28-13-. The van der Waals surface area contributed by atoms with Gasteiger partial charge >= 0.3 is 0 Å². The summed E-state index contributed by atoms with van der Waals surface area (Å²) in [5.74, 6) is -0.217. The molecule has 166 valence electrons. The Morgan fingerprint density at radius 3 is 2.36 bits per heavy atom. The minimum absolute atomic E-state index is 0.251. The number of nitrogens with one attached hydrogen (secondary N) is 1. The molecule has 0 saturated heterocycles. The molecule has 0 unspecified atom stereocenters. The molecular weight excluding hydrogens is 483 g/mol. The number of hydrogen-bond acceptors (Lipinski definition) is 4. The Balaban J connectivity index is 1.47. The van der Waals surface area contributed by atoms with Crippen molar-refractivity contribution in [1.82, 2.24) is 15.2 Å². The molecule has 0 aliphatic heterocycles. The first-order valence-corrected chi connectivity index (χ1v) is 10.9. The van der Waals surface area contributed by atoms with Gasteiger partial charge in [0.25, 0.3) is 5.91 Å². The highest BCUT2D eigenvalue weighted by Gasteiger charge is 2.12. The minimum atomic E-state index is -0.467. The average molecular weight is 500 g/mol. The zero-order valence-corrected chi connectivity index (χ0v) is 19.3. The van der Waals surface area contributed by atoms with Crippen LogP contribution in [0.5, 0.6) is 5.75 Å². The smallest absolute Gasteiger partial charge is 0.277 e. The molecule has 6 nitrogen and oxygen atoms in total. The van der Waals surface area contributed by atoms with Crippen molar-refractivity contribution in [2.75, 3.05) is 6.61 Å². The molecule has 9 heteroatoms. The maximum Gasteiger partial charge on any atom is 0.277 e. The average Bonchev–Trinajstić information content (AvgIpc) is 3.26. The van der Waals surface area contributed by atoms with Gasteiger partial charge in [-0.15, -0.1) is 0 Å². The quantitative estimate of drug-likeness (QED) is 0.192. The number of benzene rings is 3. The lowest BCUT2D eigenvalue weighted by molar-refractivity contribution is -0.123. The number of hydrazone groups is 1. The fraction of sp³-hybridized carbons (Fsp3) is 0.0417. The van der Waals surface area contributed by atoms with Gasteiger partial charge in [0.05, 0.1) is 27.0 Å². The van der Waals surface area contributed by atoms with Gasteiger partial charge in [-0.1, -0.05) is 83.3 Å². The number of nitrogens with zero attached hydrogens (tertiary/aromatic N) is 3. The van der Waals surface area contributed by atoms with Gasteiger partial charge in [0.2, 0.25) is 0 Å². The molecule has 0 fully saturated rings. The van der Waals surface area contributed by atoms with Crippen LogP contribution in [0.2, 0.25) is 15.1 Å². The van der Waals surface area contributed by atoms with Gasteiger partial charge in [0, 0.05) is 23.4 Å². The topological polar surface area (TPSA) is 68.5 Å². The van der Waals surface area contributed by atoms with E-state index in [0.717, 1.165) is 22.5 Å². The third kappa shape index (κ3) is 5.73. The largest absolute Gasteiger partial charge is 0.482 e. The number of hydrogen-bond donors (Lipinski definition) is 1. The second-order valence-corrected chi connectivity index (χ2v) is 8.08. The Bertz CT molecular complexity index is 1290. The van der Waals surface area contributed by atoms with Crippen LogP contribution < -0.4 is 10.2 Å². The van der Waals surface area contributed by atoms with E-state index in [-0.39, 0.29) is 22.4 Å². The number of para-hydroxylation sites is 1. The molecule has 1 N–H and O–H groups in total. The van der Waals surface area contributed by atoms with Crippen molar-refractivity contribution in [1.29, 1.82) is 0 Å². The number of aromatic nitrogens is 2. The van der Waals surface area contributed by atoms with Crippen molar-refractivity contribution in [2.45, 2.75) is 0 Å². The molecule has 1 aromatic heterocycles. The first-order valence-electron chi connectivity index (χ1n) is 9.81. The lowest BCUT2D eigenvalue weighted by Gasteiger charge is -2.08. The van der Waals surface area contributed by atoms with Gasteiger partial charge < -0.3 is 4.74 Å². The second-order valence-electron chi connectivity index (χ2n) is 6.86. The monoisotopic (exact) mass is 498 g/mol. The van der Waals surface area contributed by atoms with Gasteiger partial charge in [-0.05, 0) is 18.2 Å². The number of carbonyl (C=O) groups excluding carboxylic acids is 1. The number of halogens is 3. The molecular formula is C24H17Cl3N4O2. The highest BCUT2D eigenvalue weighted by Crippen LogP contribution is 2.33. The predicted molar refractivity (Wildman–Crippen MR) is 132 cm³/mol. The number of rotatable bonds is 7. The van der Waals surface area contributed by atoms with Crippen LogP contribution in [0.1, 0.15) is 5.56 Å². The van der Waals surface area contributed by atoms with Crippen LogP contribution in [0.3, 0.4) is 0 Å². The number of ether oxygens (including phenoxy) is 1. The fourth-order valence-electron chi connectivity index (χ4n) is 2.98. The molecule has 0 aliphatic rings. The van der Waals surface area contributed by atoms with E-state index in [0.29, 0.717) is 5.02 Å². The van der Waals surface area contributed by atoms with Crippen molar-refractivity contribution in [2.24, 2.45) is 5.10 Å². The normalized spacial score (nSPS) is 11.0. The summed E-state index contributed by atoms with van der Waals surface area (Å²) in [6.07, 6.45) is 3.39. The van der Waals surface area contributed by atoms with E-state index in [1.54, 1.807) is 10.9 Å². The predicted octanol–water partition coefficient (Wildman–Crippen LogP) is 6.03. The lowest BCUT2D eigenvalue weighted by Crippen LogP contribution is -2.24. The summed E-state index contributed by atoms with van der Waals surface area (Å²) in [5, 5.41) is 9.59. The molecule has 4 aromatic rings. The van der Waals surface area contributed by atoms with E-state index in [1.807, 2.05) is 66.9 Å². The molecule has 0 bridgehead atoms. The fourth-order valence-corrected chi connectivity index (χ4v) is 3.57. The van der Waals surface area contributed by atoms with Crippen molar-refractivity contribution in [3.63, 3.8) is 0 Å². The van der Waals surface area contributed by atoms with Crippen LogP contribution in [0.25, 0.3) is 16.9 Å². The summed E-state index contributed by atoms with van der Waals surface area (Å²) in [4.78, 5) is 12.2. The van der Waals surface area contributed by atoms with Gasteiger partial charge in [-0.25, -0.2) is 10.1 Å². The van der Waals surface area contributed by atoms with Crippen LogP contribution in [-0.2, 0) is 4.79 Å². The Hall–Kier alpha value is -3.32. The number of carbonyl (C=O) groups is 1. The molecule has 0 saturated carbocycles. The van der Waals surface area contributed by atoms with Crippen molar-refractivity contribution >= 4 is 46.9 Å². The van der Waals surface area contributed by atoms with E-state index in [2.05, 4.69) is 10.5 Å². The first kappa shape index (κ1) is 22.9. The van der Waals surface area contributed by atoms with E-state index in [9.17, 15) is 4.79 Å². The van der Waals surface area contributed by atoms with Crippen LogP contribution in [0, 0.1) is 0 Å². The van der Waals surface area contributed by atoms with E-state index < -0.39 is 5.91 Å². The van der Waals surface area contributed by atoms with Crippen molar-refractivity contribution in [3.8, 4) is 22.7 Å². The molecule has 1 heterocycles. The lowest BCUT2D eigenvalue weighted by atomic mass is 10.1. The van der Waals surface area contributed by atoms with Crippen LogP contribution in [0.4, 0.5) is 0 Å².